The van der Waals surface area contributed by atoms with E-state index >= 15 is 0 Å². The van der Waals surface area contributed by atoms with Crippen LogP contribution in [0.3, 0.4) is 0 Å². The molecule has 3 aromatic rings. The maximum atomic E-state index is 2.26. The number of aryl methyl sites for hydroxylation is 2. The lowest BCUT2D eigenvalue weighted by Gasteiger charge is -2.12. The molecule has 0 aliphatic carbocycles. The molecule has 0 bridgehead atoms. The van der Waals surface area contributed by atoms with Crippen molar-refractivity contribution in [3.8, 4) is 11.1 Å². The number of rotatable bonds is 3. The fourth-order valence-electron chi connectivity index (χ4n) is 3.12. The van der Waals surface area contributed by atoms with E-state index in [1.54, 1.807) is 0 Å². The average Bonchev–Trinajstić information content (AvgIpc) is 2.55. The lowest BCUT2D eigenvalue weighted by atomic mass is 9.92. The van der Waals surface area contributed by atoms with Crippen LogP contribution in [0.5, 0.6) is 0 Å². The van der Waals surface area contributed by atoms with Crippen molar-refractivity contribution in [2.45, 2.75) is 20.8 Å². The molecule has 0 heteroatoms. The number of fused-ring (bicyclic) bond motifs is 1. The van der Waals surface area contributed by atoms with Gasteiger partial charge in [-0.1, -0.05) is 78.9 Å². The van der Waals surface area contributed by atoms with Crippen LogP contribution in [0.15, 0.2) is 72.8 Å². The first kappa shape index (κ1) is 15.3. The van der Waals surface area contributed by atoms with Crippen molar-refractivity contribution in [3.63, 3.8) is 0 Å². The van der Waals surface area contributed by atoms with Gasteiger partial charge in [-0.2, -0.15) is 0 Å². The van der Waals surface area contributed by atoms with E-state index in [1.165, 1.54) is 38.6 Å². The molecule has 0 spiro atoms. The summed E-state index contributed by atoms with van der Waals surface area (Å²) in [6, 6.07) is 19.8. The van der Waals surface area contributed by atoms with Gasteiger partial charge in [-0.05, 0) is 59.4 Å². The van der Waals surface area contributed by atoms with Crippen LogP contribution in [-0.4, -0.2) is 0 Å². The third kappa shape index (κ3) is 3.12. The first-order chi connectivity index (χ1) is 11.2. The molecular formula is C23H22. The van der Waals surface area contributed by atoms with Crippen molar-refractivity contribution in [1.82, 2.24) is 0 Å². The number of hydrogen-bond acceptors (Lipinski definition) is 0. The Balaban J connectivity index is 2.13. The summed E-state index contributed by atoms with van der Waals surface area (Å²) in [5, 5.41) is 2.66. The van der Waals surface area contributed by atoms with Gasteiger partial charge < -0.3 is 0 Å². The van der Waals surface area contributed by atoms with Crippen LogP contribution in [0.2, 0.25) is 0 Å². The topological polar surface area (TPSA) is 0 Å². The summed E-state index contributed by atoms with van der Waals surface area (Å²) in [6.45, 7) is 6.41. The van der Waals surface area contributed by atoms with E-state index in [-0.39, 0.29) is 0 Å². The molecule has 3 rings (SSSR count). The van der Waals surface area contributed by atoms with Gasteiger partial charge in [0.2, 0.25) is 0 Å². The van der Waals surface area contributed by atoms with Crippen molar-refractivity contribution < 1.29 is 0 Å². The fourth-order valence-corrected chi connectivity index (χ4v) is 3.12. The molecule has 0 atom stereocenters. The van der Waals surface area contributed by atoms with Crippen LogP contribution >= 0.6 is 0 Å². The average molecular weight is 298 g/mol. The first-order valence-electron chi connectivity index (χ1n) is 8.09. The Kier molecular flexibility index (Phi) is 4.43. The van der Waals surface area contributed by atoms with E-state index in [0.717, 1.165) is 0 Å². The van der Waals surface area contributed by atoms with E-state index in [9.17, 15) is 0 Å². The minimum Gasteiger partial charge on any atom is -0.0877 e. The van der Waals surface area contributed by atoms with Crippen molar-refractivity contribution >= 4 is 16.8 Å². The molecule has 0 aliphatic rings. The summed E-state index contributed by atoms with van der Waals surface area (Å²) in [5.74, 6) is 0. The molecule has 0 radical (unpaired) electrons. The molecular weight excluding hydrogens is 276 g/mol. The molecule has 0 saturated heterocycles. The Labute approximate surface area is 138 Å². The van der Waals surface area contributed by atoms with Crippen molar-refractivity contribution in [2.24, 2.45) is 0 Å². The lowest BCUT2D eigenvalue weighted by molar-refractivity contribution is 1.44. The van der Waals surface area contributed by atoms with Gasteiger partial charge in [0.25, 0.3) is 0 Å². The van der Waals surface area contributed by atoms with E-state index in [4.69, 9.17) is 0 Å². The maximum Gasteiger partial charge on any atom is -0.00760 e. The summed E-state index contributed by atoms with van der Waals surface area (Å²) < 4.78 is 0. The third-order valence-corrected chi connectivity index (χ3v) is 4.25. The van der Waals surface area contributed by atoms with Crippen LogP contribution in [0, 0.1) is 13.8 Å². The lowest BCUT2D eigenvalue weighted by Crippen LogP contribution is -1.88. The second kappa shape index (κ2) is 6.66. The zero-order valence-electron chi connectivity index (χ0n) is 14.0. The van der Waals surface area contributed by atoms with Crippen LogP contribution in [0.1, 0.15) is 23.6 Å². The van der Waals surface area contributed by atoms with Gasteiger partial charge >= 0.3 is 0 Å². The normalized spacial score (nSPS) is 11.8. The highest BCUT2D eigenvalue weighted by Gasteiger charge is 2.08. The smallest absolute Gasteiger partial charge is 0.00760 e. The van der Waals surface area contributed by atoms with Gasteiger partial charge in [0.05, 0.1) is 0 Å². The van der Waals surface area contributed by atoms with Gasteiger partial charge in [0.1, 0.15) is 0 Å². The zero-order valence-corrected chi connectivity index (χ0v) is 14.0. The van der Waals surface area contributed by atoms with Gasteiger partial charge in [0.15, 0.2) is 0 Å². The molecule has 3 aromatic carbocycles. The number of hydrogen-bond donors (Lipinski definition) is 0. The minimum atomic E-state index is 1.24. The molecule has 0 N–H and O–H groups in total. The summed E-state index contributed by atoms with van der Waals surface area (Å²) in [6.07, 6.45) is 8.32. The Morgan fingerprint density at radius 2 is 1.52 bits per heavy atom. The quantitative estimate of drug-likeness (QED) is 0.471. The van der Waals surface area contributed by atoms with Gasteiger partial charge in [-0.3, -0.25) is 0 Å². The summed E-state index contributed by atoms with van der Waals surface area (Å²) in [7, 11) is 0. The Morgan fingerprint density at radius 1 is 0.739 bits per heavy atom. The molecule has 0 fully saturated rings. The molecule has 0 amide bonds. The Hall–Kier alpha value is -2.60. The highest BCUT2D eigenvalue weighted by atomic mass is 14.1. The largest absolute Gasteiger partial charge is 0.0877 e. The molecule has 114 valence electrons. The van der Waals surface area contributed by atoms with Crippen molar-refractivity contribution in [1.29, 1.82) is 0 Å². The van der Waals surface area contributed by atoms with Crippen LogP contribution < -0.4 is 0 Å². The van der Waals surface area contributed by atoms with E-state index in [1.807, 2.05) is 13.0 Å². The predicted molar refractivity (Wildman–Crippen MR) is 103 cm³/mol. The molecule has 0 heterocycles. The monoisotopic (exact) mass is 298 g/mol. The van der Waals surface area contributed by atoms with Gasteiger partial charge in [-0.15, -0.1) is 0 Å². The van der Waals surface area contributed by atoms with Crippen molar-refractivity contribution in [2.75, 3.05) is 0 Å². The standard InChI is InChI=1S/C23H22/c1-4-5-6-10-19-14-15-21(18(3)16-19)22-13-8-12-20-11-7-9-17(2)23(20)22/h4-16H,1-3H3/b5-4-,10-6-. The van der Waals surface area contributed by atoms with Crippen molar-refractivity contribution in [3.05, 3.63) is 89.5 Å². The second-order valence-corrected chi connectivity index (χ2v) is 5.94. The molecule has 23 heavy (non-hydrogen) atoms. The SMILES string of the molecule is C/C=C\C=C/c1ccc(-c2cccc3cccc(C)c23)c(C)c1. The van der Waals surface area contributed by atoms with E-state index in [0.29, 0.717) is 0 Å². The number of allylic oxidation sites excluding steroid dienone is 3. The zero-order chi connectivity index (χ0) is 16.2. The Bertz CT molecular complexity index is 890. The highest BCUT2D eigenvalue weighted by Crippen LogP contribution is 2.33. The van der Waals surface area contributed by atoms with E-state index < -0.39 is 0 Å². The highest BCUT2D eigenvalue weighted by molar-refractivity contribution is 5.99. The number of benzene rings is 3. The second-order valence-electron chi connectivity index (χ2n) is 5.94. The predicted octanol–water partition coefficient (Wildman–Crippen LogP) is 6.71. The molecule has 0 aliphatic heterocycles. The third-order valence-electron chi connectivity index (χ3n) is 4.25. The van der Waals surface area contributed by atoms with E-state index in [2.05, 4.69) is 86.7 Å². The van der Waals surface area contributed by atoms with Crippen LogP contribution in [0.25, 0.3) is 28.0 Å². The van der Waals surface area contributed by atoms with Crippen LogP contribution in [0.4, 0.5) is 0 Å². The summed E-state index contributed by atoms with van der Waals surface area (Å²) in [4.78, 5) is 0. The fraction of sp³-hybridized carbons (Fsp3) is 0.130. The first-order valence-corrected chi connectivity index (χ1v) is 8.09. The maximum absolute atomic E-state index is 2.26. The minimum absolute atomic E-state index is 1.24. The summed E-state index contributed by atoms with van der Waals surface area (Å²) >= 11 is 0. The Morgan fingerprint density at radius 3 is 2.26 bits per heavy atom. The molecule has 0 saturated carbocycles. The molecule has 0 nitrogen and oxygen atoms in total. The van der Waals surface area contributed by atoms with Gasteiger partial charge in [0, 0.05) is 0 Å². The van der Waals surface area contributed by atoms with Crippen LogP contribution in [-0.2, 0) is 0 Å². The molecule has 0 unspecified atom stereocenters. The molecule has 0 aromatic heterocycles. The summed E-state index contributed by atoms with van der Waals surface area (Å²) in [5.41, 5.74) is 6.51. The van der Waals surface area contributed by atoms with Gasteiger partial charge in [-0.25, -0.2) is 0 Å².